The topological polar surface area (TPSA) is 58.6 Å². The molecule has 0 fully saturated rings. The van der Waals surface area contributed by atoms with E-state index in [4.69, 9.17) is 4.74 Å². The van der Waals surface area contributed by atoms with Crippen molar-refractivity contribution in [1.82, 2.24) is 5.32 Å². The molecule has 0 bridgehead atoms. The molecule has 100 valence electrons. The first kappa shape index (κ1) is 14.5. The van der Waals surface area contributed by atoms with Gasteiger partial charge in [0.15, 0.2) is 0 Å². The van der Waals surface area contributed by atoms with Gasteiger partial charge in [0, 0.05) is 6.54 Å². The smallest absolute Gasteiger partial charge is 0.223 e. The Morgan fingerprint density at radius 3 is 2.61 bits per heavy atom. The van der Waals surface area contributed by atoms with Crippen molar-refractivity contribution in [3.8, 4) is 5.75 Å². The van der Waals surface area contributed by atoms with Crippen LogP contribution in [-0.4, -0.2) is 30.3 Å². The second kappa shape index (κ2) is 7.71. The molecule has 0 aromatic heterocycles. The summed E-state index contributed by atoms with van der Waals surface area (Å²) in [5.41, 5.74) is 1.07. The maximum atomic E-state index is 11.2. The number of benzene rings is 1. The van der Waals surface area contributed by atoms with E-state index in [1.54, 1.807) is 6.92 Å². The maximum Gasteiger partial charge on any atom is 0.223 e. The summed E-state index contributed by atoms with van der Waals surface area (Å²) >= 11 is 0. The molecule has 0 spiro atoms. The van der Waals surface area contributed by atoms with Crippen LogP contribution in [0.2, 0.25) is 0 Å². The molecule has 1 atom stereocenters. The van der Waals surface area contributed by atoms with Gasteiger partial charge < -0.3 is 15.2 Å². The van der Waals surface area contributed by atoms with Crippen molar-refractivity contribution in [2.75, 3.05) is 13.2 Å². The highest BCUT2D eigenvalue weighted by atomic mass is 16.5. The summed E-state index contributed by atoms with van der Waals surface area (Å²) in [4.78, 5) is 11.2. The number of aliphatic hydroxyl groups excluding tert-OH is 1. The zero-order valence-electron chi connectivity index (χ0n) is 11.0. The zero-order valence-corrected chi connectivity index (χ0v) is 11.0. The fourth-order valence-corrected chi connectivity index (χ4v) is 1.61. The van der Waals surface area contributed by atoms with Crippen molar-refractivity contribution in [3.05, 3.63) is 29.8 Å². The predicted molar refractivity (Wildman–Crippen MR) is 70.6 cm³/mol. The first-order chi connectivity index (χ1) is 8.61. The molecule has 1 aromatic carbocycles. The number of aliphatic hydroxyl groups is 1. The molecule has 0 radical (unpaired) electrons. The van der Waals surface area contributed by atoms with E-state index in [-0.39, 0.29) is 12.0 Å². The molecular weight excluding hydrogens is 230 g/mol. The highest BCUT2D eigenvalue weighted by Gasteiger charge is 2.02. The Bertz CT molecular complexity index is 360. The number of rotatable bonds is 7. The van der Waals surface area contributed by atoms with Crippen LogP contribution in [0.15, 0.2) is 24.3 Å². The molecule has 4 heteroatoms. The van der Waals surface area contributed by atoms with E-state index in [1.165, 1.54) is 0 Å². The minimum Gasteiger partial charge on any atom is -0.493 e. The molecule has 2 N–H and O–H groups in total. The molecule has 1 rings (SSSR count). The Hall–Kier alpha value is -1.55. The Kier molecular flexibility index (Phi) is 6.22. The first-order valence-corrected chi connectivity index (χ1v) is 6.28. The van der Waals surface area contributed by atoms with E-state index in [2.05, 4.69) is 5.32 Å². The number of carbonyl (C=O) groups excluding carboxylic acids is 1. The van der Waals surface area contributed by atoms with Crippen LogP contribution in [0.4, 0.5) is 0 Å². The fraction of sp³-hybridized carbons (Fsp3) is 0.500. The number of carbonyl (C=O) groups is 1. The van der Waals surface area contributed by atoms with Crippen LogP contribution in [-0.2, 0) is 11.2 Å². The van der Waals surface area contributed by atoms with E-state index in [1.807, 2.05) is 31.2 Å². The van der Waals surface area contributed by atoms with Crippen LogP contribution in [0.3, 0.4) is 0 Å². The molecular formula is C14H21NO3. The summed E-state index contributed by atoms with van der Waals surface area (Å²) in [5, 5.41) is 12.0. The number of amides is 1. The zero-order chi connectivity index (χ0) is 13.4. The van der Waals surface area contributed by atoms with Gasteiger partial charge in [-0.1, -0.05) is 12.1 Å². The predicted octanol–water partition coefficient (Wildman–Crippen LogP) is 1.51. The fourth-order valence-electron chi connectivity index (χ4n) is 1.61. The summed E-state index contributed by atoms with van der Waals surface area (Å²) in [7, 11) is 0. The second-order valence-corrected chi connectivity index (χ2v) is 4.25. The first-order valence-electron chi connectivity index (χ1n) is 6.28. The Morgan fingerprint density at radius 1 is 1.39 bits per heavy atom. The van der Waals surface area contributed by atoms with Gasteiger partial charge in [-0.3, -0.25) is 4.79 Å². The van der Waals surface area contributed by atoms with Crippen LogP contribution < -0.4 is 10.1 Å². The maximum absolute atomic E-state index is 11.2. The molecule has 0 aliphatic rings. The van der Waals surface area contributed by atoms with Gasteiger partial charge in [0.25, 0.3) is 0 Å². The standard InChI is InChI=1S/C14H21NO3/c1-3-15-14(17)8-9-18-13-6-4-12(5-7-13)10-11(2)16/h4-7,11,16H,3,8-10H2,1-2H3,(H,15,17). The molecule has 0 saturated heterocycles. The van der Waals surface area contributed by atoms with Crippen LogP contribution in [0.5, 0.6) is 5.75 Å². The van der Waals surface area contributed by atoms with E-state index in [9.17, 15) is 9.90 Å². The quantitative estimate of drug-likeness (QED) is 0.772. The van der Waals surface area contributed by atoms with Gasteiger partial charge in [-0.15, -0.1) is 0 Å². The van der Waals surface area contributed by atoms with Crippen LogP contribution in [0.1, 0.15) is 25.8 Å². The van der Waals surface area contributed by atoms with Gasteiger partial charge in [-0.05, 0) is 38.0 Å². The minimum atomic E-state index is -0.338. The average molecular weight is 251 g/mol. The van der Waals surface area contributed by atoms with E-state index in [0.717, 1.165) is 11.3 Å². The number of nitrogens with one attached hydrogen (secondary N) is 1. The van der Waals surface area contributed by atoms with Crippen molar-refractivity contribution in [1.29, 1.82) is 0 Å². The summed E-state index contributed by atoms with van der Waals surface area (Å²) in [6.45, 7) is 4.67. The van der Waals surface area contributed by atoms with Gasteiger partial charge in [0.05, 0.1) is 19.1 Å². The van der Waals surface area contributed by atoms with E-state index >= 15 is 0 Å². The number of ether oxygens (including phenoxy) is 1. The highest BCUT2D eigenvalue weighted by molar-refractivity contribution is 5.75. The van der Waals surface area contributed by atoms with Crippen LogP contribution in [0, 0.1) is 0 Å². The molecule has 0 saturated carbocycles. The van der Waals surface area contributed by atoms with Crippen LogP contribution in [0.25, 0.3) is 0 Å². The van der Waals surface area contributed by atoms with Crippen LogP contribution >= 0.6 is 0 Å². The summed E-state index contributed by atoms with van der Waals surface area (Å²) in [5.74, 6) is 0.747. The molecule has 1 aromatic rings. The van der Waals surface area contributed by atoms with Crippen molar-refractivity contribution in [3.63, 3.8) is 0 Å². The molecule has 1 unspecified atom stereocenters. The Labute approximate surface area is 108 Å². The summed E-state index contributed by atoms with van der Waals surface area (Å²) in [6.07, 6.45) is 0.664. The normalized spacial score (nSPS) is 11.9. The molecule has 0 aliphatic carbocycles. The van der Waals surface area contributed by atoms with E-state index in [0.29, 0.717) is 26.0 Å². The van der Waals surface area contributed by atoms with Crippen molar-refractivity contribution < 1.29 is 14.6 Å². The molecule has 0 heterocycles. The van der Waals surface area contributed by atoms with Gasteiger partial charge in [0.2, 0.25) is 5.91 Å². The summed E-state index contributed by atoms with van der Waals surface area (Å²) in [6, 6.07) is 7.56. The van der Waals surface area contributed by atoms with Gasteiger partial charge in [-0.25, -0.2) is 0 Å². The third kappa shape index (κ3) is 5.68. The monoisotopic (exact) mass is 251 g/mol. The highest BCUT2D eigenvalue weighted by Crippen LogP contribution is 2.13. The molecule has 18 heavy (non-hydrogen) atoms. The van der Waals surface area contributed by atoms with Crippen molar-refractivity contribution in [2.24, 2.45) is 0 Å². The molecule has 1 amide bonds. The van der Waals surface area contributed by atoms with Crippen molar-refractivity contribution >= 4 is 5.91 Å². The van der Waals surface area contributed by atoms with Crippen molar-refractivity contribution in [2.45, 2.75) is 32.8 Å². The Morgan fingerprint density at radius 2 is 2.06 bits per heavy atom. The average Bonchev–Trinajstić information content (AvgIpc) is 2.31. The lowest BCUT2D eigenvalue weighted by atomic mass is 10.1. The molecule has 4 nitrogen and oxygen atoms in total. The largest absolute Gasteiger partial charge is 0.493 e. The third-order valence-electron chi connectivity index (χ3n) is 2.43. The lowest BCUT2D eigenvalue weighted by Crippen LogP contribution is -2.24. The SMILES string of the molecule is CCNC(=O)CCOc1ccc(CC(C)O)cc1. The third-order valence-corrected chi connectivity index (χ3v) is 2.43. The van der Waals surface area contributed by atoms with Gasteiger partial charge in [-0.2, -0.15) is 0 Å². The number of hydrogen-bond donors (Lipinski definition) is 2. The molecule has 0 aliphatic heterocycles. The minimum absolute atomic E-state index is 0.00299. The Balaban J connectivity index is 2.33. The van der Waals surface area contributed by atoms with Gasteiger partial charge >= 0.3 is 0 Å². The lowest BCUT2D eigenvalue weighted by Gasteiger charge is -2.08. The lowest BCUT2D eigenvalue weighted by molar-refractivity contribution is -0.121. The summed E-state index contributed by atoms with van der Waals surface area (Å²) < 4.78 is 5.46. The second-order valence-electron chi connectivity index (χ2n) is 4.25. The number of hydrogen-bond acceptors (Lipinski definition) is 3. The van der Waals surface area contributed by atoms with E-state index < -0.39 is 0 Å². The van der Waals surface area contributed by atoms with Gasteiger partial charge in [0.1, 0.15) is 5.75 Å².